The van der Waals surface area contributed by atoms with Gasteiger partial charge in [-0.05, 0) is 22.6 Å². The van der Waals surface area contributed by atoms with Crippen molar-refractivity contribution in [3.05, 3.63) is 11.9 Å². The first-order chi connectivity index (χ1) is 9.02. The predicted octanol–water partition coefficient (Wildman–Crippen LogP) is -0.301. The highest BCUT2D eigenvalue weighted by Crippen LogP contribution is 2.25. The zero-order valence-corrected chi connectivity index (χ0v) is 12.0. The van der Waals surface area contributed by atoms with Gasteiger partial charge in [-0.15, -0.1) is 0 Å². The van der Waals surface area contributed by atoms with Crippen LogP contribution < -0.4 is 11.1 Å². The van der Waals surface area contributed by atoms with Crippen molar-refractivity contribution in [2.24, 2.45) is 0 Å². The summed E-state index contributed by atoms with van der Waals surface area (Å²) in [5.74, 6) is 0.580. The molecule has 0 spiro atoms. The van der Waals surface area contributed by atoms with E-state index in [2.05, 4.69) is 15.3 Å². The van der Waals surface area contributed by atoms with E-state index in [0.717, 1.165) is 0 Å². The van der Waals surface area contributed by atoms with Crippen LogP contribution in [-0.2, 0) is 4.74 Å². The Kier molecular flexibility index (Phi) is 4.50. The first-order valence-corrected chi connectivity index (χ1v) is 6.66. The molecule has 0 saturated carbocycles. The van der Waals surface area contributed by atoms with Crippen LogP contribution in [0.25, 0.3) is 0 Å². The van der Waals surface area contributed by atoms with Crippen LogP contribution in [0.2, 0.25) is 0 Å². The number of ether oxygens (including phenoxy) is 1. The second-order valence-electron chi connectivity index (χ2n) is 4.09. The van der Waals surface area contributed by atoms with E-state index in [4.69, 9.17) is 21.0 Å². The standard InChI is InChI=1S/C10H14IN5O3/c11-8(12)7-9(13)14-3-15-10(7)16-6-1-4(18)5(2-17)19-6/h3-6,12,17-18H,1-2H2,(H3,13,14,15,16)/t4?,5-,6-/m1/s1. The van der Waals surface area contributed by atoms with Gasteiger partial charge in [0, 0.05) is 6.42 Å². The maximum absolute atomic E-state index is 9.64. The maximum Gasteiger partial charge on any atom is 0.143 e. The van der Waals surface area contributed by atoms with E-state index in [9.17, 15) is 5.11 Å². The minimum Gasteiger partial charge on any atom is -0.394 e. The van der Waals surface area contributed by atoms with Crippen molar-refractivity contribution in [2.75, 3.05) is 17.7 Å². The molecular formula is C10H14IN5O3. The number of aliphatic hydroxyl groups excluding tert-OH is 2. The van der Waals surface area contributed by atoms with Crippen molar-refractivity contribution in [1.82, 2.24) is 9.97 Å². The third-order valence-corrected chi connectivity index (χ3v) is 3.34. The lowest BCUT2D eigenvalue weighted by atomic mass is 10.2. The van der Waals surface area contributed by atoms with Gasteiger partial charge in [0.05, 0.1) is 18.3 Å². The molecule has 6 N–H and O–H groups in total. The van der Waals surface area contributed by atoms with Crippen molar-refractivity contribution < 1.29 is 14.9 Å². The highest BCUT2D eigenvalue weighted by Gasteiger charge is 2.34. The van der Waals surface area contributed by atoms with Gasteiger partial charge in [-0.1, -0.05) is 0 Å². The van der Waals surface area contributed by atoms with Crippen molar-refractivity contribution in [3.63, 3.8) is 0 Å². The lowest BCUT2D eigenvalue weighted by molar-refractivity contribution is -0.0149. The first-order valence-electron chi connectivity index (χ1n) is 5.58. The number of nitrogens with one attached hydrogen (secondary N) is 2. The summed E-state index contributed by atoms with van der Waals surface area (Å²) in [5, 5.41) is 29.3. The molecule has 3 atom stereocenters. The Labute approximate surface area is 123 Å². The number of nitrogen functional groups attached to an aromatic ring is 1. The van der Waals surface area contributed by atoms with Gasteiger partial charge in [0.2, 0.25) is 0 Å². The van der Waals surface area contributed by atoms with Gasteiger partial charge in [0.25, 0.3) is 0 Å². The predicted molar refractivity (Wildman–Crippen MR) is 77.3 cm³/mol. The average Bonchev–Trinajstić information content (AvgIpc) is 2.69. The molecular weight excluding hydrogens is 365 g/mol. The van der Waals surface area contributed by atoms with Crippen LogP contribution in [0.3, 0.4) is 0 Å². The molecule has 1 aromatic heterocycles. The quantitative estimate of drug-likeness (QED) is 0.358. The van der Waals surface area contributed by atoms with Crippen molar-refractivity contribution >= 4 is 37.9 Å². The highest BCUT2D eigenvalue weighted by atomic mass is 127. The van der Waals surface area contributed by atoms with Gasteiger partial charge >= 0.3 is 0 Å². The van der Waals surface area contributed by atoms with Crippen molar-refractivity contribution in [1.29, 1.82) is 5.41 Å². The number of nitrogens with zero attached hydrogens (tertiary/aromatic N) is 2. The summed E-state index contributed by atoms with van der Waals surface area (Å²) in [6.07, 6.45) is -0.224. The van der Waals surface area contributed by atoms with E-state index in [1.54, 1.807) is 0 Å². The van der Waals surface area contributed by atoms with Crippen LogP contribution in [0.1, 0.15) is 12.0 Å². The van der Waals surface area contributed by atoms with E-state index in [1.165, 1.54) is 6.33 Å². The molecule has 0 aromatic carbocycles. The zero-order valence-electron chi connectivity index (χ0n) is 9.88. The molecule has 1 saturated heterocycles. The largest absolute Gasteiger partial charge is 0.394 e. The number of hydrogen-bond donors (Lipinski definition) is 5. The molecule has 2 rings (SSSR count). The summed E-state index contributed by atoms with van der Waals surface area (Å²) in [7, 11) is 0. The van der Waals surface area contributed by atoms with E-state index in [0.29, 0.717) is 17.8 Å². The third kappa shape index (κ3) is 3.11. The number of hydrogen-bond acceptors (Lipinski definition) is 8. The fourth-order valence-electron chi connectivity index (χ4n) is 1.86. The Morgan fingerprint density at radius 3 is 2.95 bits per heavy atom. The van der Waals surface area contributed by atoms with Crippen molar-refractivity contribution in [2.45, 2.75) is 24.9 Å². The summed E-state index contributed by atoms with van der Waals surface area (Å²) in [4.78, 5) is 7.86. The Morgan fingerprint density at radius 1 is 1.63 bits per heavy atom. The van der Waals surface area contributed by atoms with Crippen molar-refractivity contribution in [3.8, 4) is 0 Å². The molecule has 0 aliphatic carbocycles. The number of rotatable bonds is 4. The molecule has 1 aliphatic heterocycles. The Hall–Kier alpha value is -1.04. The summed E-state index contributed by atoms with van der Waals surface area (Å²) < 4.78 is 5.62. The molecule has 1 fully saturated rings. The molecule has 0 radical (unpaired) electrons. The topological polar surface area (TPSA) is 137 Å². The summed E-state index contributed by atoms with van der Waals surface area (Å²) in [6.45, 7) is -0.250. The smallest absolute Gasteiger partial charge is 0.143 e. The molecule has 9 heteroatoms. The molecule has 0 bridgehead atoms. The van der Waals surface area contributed by atoms with Gasteiger partial charge in [-0.2, -0.15) is 0 Å². The zero-order chi connectivity index (χ0) is 14.0. The van der Waals surface area contributed by atoms with Crippen LogP contribution in [0.4, 0.5) is 11.6 Å². The summed E-state index contributed by atoms with van der Waals surface area (Å²) >= 11 is 1.81. The number of anilines is 2. The molecule has 2 heterocycles. The minimum absolute atomic E-state index is 0.203. The van der Waals surface area contributed by atoms with Gasteiger partial charge in [-0.3, -0.25) is 5.41 Å². The summed E-state index contributed by atoms with van der Waals surface area (Å²) in [5.41, 5.74) is 6.11. The van der Waals surface area contributed by atoms with Gasteiger partial charge < -0.3 is 26.0 Å². The number of nitrogens with two attached hydrogens (primary N) is 1. The normalized spacial score (nSPS) is 26.4. The number of aliphatic hydroxyl groups is 2. The lowest BCUT2D eigenvalue weighted by Gasteiger charge is -2.16. The minimum atomic E-state index is -0.732. The average molecular weight is 379 g/mol. The number of aromatic nitrogens is 2. The fourth-order valence-corrected chi connectivity index (χ4v) is 2.40. The number of halogens is 1. The van der Waals surface area contributed by atoms with Gasteiger partial charge in [0.1, 0.15) is 34.0 Å². The Balaban J connectivity index is 2.16. The molecule has 1 unspecified atom stereocenters. The Bertz CT molecular complexity index is 486. The third-order valence-electron chi connectivity index (χ3n) is 2.80. The Morgan fingerprint density at radius 2 is 2.37 bits per heavy atom. The van der Waals surface area contributed by atoms with Gasteiger partial charge in [-0.25, -0.2) is 9.97 Å². The molecule has 0 amide bonds. The highest BCUT2D eigenvalue weighted by molar-refractivity contribution is 14.1. The van der Waals surface area contributed by atoms with Gasteiger partial charge in [0.15, 0.2) is 0 Å². The second-order valence-corrected chi connectivity index (χ2v) is 5.17. The molecule has 8 nitrogen and oxygen atoms in total. The molecule has 104 valence electrons. The SMILES string of the molecule is N=C(I)c1c(N)ncnc1N[C@H]1CC(O)[C@@H](CO)O1. The van der Waals surface area contributed by atoms with E-state index < -0.39 is 18.4 Å². The van der Waals surface area contributed by atoms with E-state index in [1.807, 2.05) is 22.6 Å². The van der Waals surface area contributed by atoms with E-state index in [-0.39, 0.29) is 16.1 Å². The van der Waals surface area contributed by atoms with Crippen LogP contribution >= 0.6 is 22.6 Å². The maximum atomic E-state index is 9.64. The molecule has 1 aromatic rings. The van der Waals surface area contributed by atoms with Crippen LogP contribution in [0.5, 0.6) is 0 Å². The van der Waals surface area contributed by atoms with Crippen LogP contribution in [-0.4, -0.2) is 48.9 Å². The first kappa shape index (κ1) is 14.4. The summed E-state index contributed by atoms with van der Waals surface area (Å²) in [6, 6.07) is 0. The van der Waals surface area contributed by atoms with Crippen LogP contribution in [0.15, 0.2) is 6.33 Å². The van der Waals surface area contributed by atoms with E-state index >= 15 is 0 Å². The van der Waals surface area contributed by atoms with Crippen LogP contribution in [0, 0.1) is 5.41 Å². The fraction of sp³-hybridized carbons (Fsp3) is 0.500. The monoisotopic (exact) mass is 379 g/mol. The lowest BCUT2D eigenvalue weighted by Crippen LogP contribution is -2.25. The molecule has 1 aliphatic rings. The molecule has 19 heavy (non-hydrogen) atoms. The second kappa shape index (κ2) is 5.94.